The number of halogens is 2. The molecule has 0 aliphatic carbocycles. The highest BCUT2D eigenvalue weighted by Crippen LogP contribution is 2.12. The molecule has 1 unspecified atom stereocenters. The Kier molecular flexibility index (Phi) is 5.75. The van der Waals surface area contributed by atoms with Gasteiger partial charge in [-0.2, -0.15) is 0 Å². The smallest absolute Gasteiger partial charge is 0.327 e. The predicted molar refractivity (Wildman–Crippen MR) is 68.3 cm³/mol. The fourth-order valence-electron chi connectivity index (χ4n) is 1.49. The van der Waals surface area contributed by atoms with Gasteiger partial charge in [0.15, 0.2) is 0 Å². The van der Waals surface area contributed by atoms with Crippen molar-refractivity contribution >= 4 is 22.7 Å². The highest BCUT2D eigenvalue weighted by molar-refractivity contribution is 7.84. The third-order valence-corrected chi connectivity index (χ3v) is 3.69. The van der Waals surface area contributed by atoms with Crippen molar-refractivity contribution in [1.29, 1.82) is 0 Å². The maximum atomic E-state index is 13.3. The molecule has 8 heteroatoms. The Labute approximate surface area is 116 Å². The van der Waals surface area contributed by atoms with Crippen molar-refractivity contribution in [3.8, 4) is 0 Å². The number of carbonyl (C=O) groups excluding carboxylic acids is 1. The summed E-state index contributed by atoms with van der Waals surface area (Å²) in [5.41, 5.74) is -0.102. The molecular weight excluding hydrogens is 292 g/mol. The number of nitrogens with one attached hydrogen (secondary N) is 1. The average Bonchev–Trinajstić information content (AvgIpc) is 2.32. The number of aliphatic carboxylic acids is 1. The number of carbonyl (C=O) groups is 2. The lowest BCUT2D eigenvalue weighted by atomic mass is 10.2. The first-order chi connectivity index (χ1) is 9.29. The zero-order valence-corrected chi connectivity index (χ0v) is 11.4. The van der Waals surface area contributed by atoms with Crippen molar-refractivity contribution in [2.45, 2.75) is 18.7 Å². The van der Waals surface area contributed by atoms with Gasteiger partial charge in [0.1, 0.15) is 17.7 Å². The zero-order valence-electron chi connectivity index (χ0n) is 10.6. The van der Waals surface area contributed by atoms with Crippen LogP contribution in [-0.2, 0) is 26.1 Å². The maximum absolute atomic E-state index is 13.3. The van der Waals surface area contributed by atoms with Crippen LogP contribution in [0.5, 0.6) is 0 Å². The first kappa shape index (κ1) is 16.2. The van der Waals surface area contributed by atoms with Crippen molar-refractivity contribution in [1.82, 2.24) is 5.32 Å². The minimum Gasteiger partial charge on any atom is -0.480 e. The summed E-state index contributed by atoms with van der Waals surface area (Å²) in [6, 6.07) is 1.41. The Hall–Kier alpha value is -1.83. The van der Waals surface area contributed by atoms with Gasteiger partial charge >= 0.3 is 5.97 Å². The minimum atomic E-state index is -1.76. The molecule has 1 amide bonds. The third-order valence-electron chi connectivity index (χ3n) is 2.35. The van der Waals surface area contributed by atoms with Crippen LogP contribution in [-0.4, -0.2) is 33.0 Å². The van der Waals surface area contributed by atoms with Crippen LogP contribution in [0.25, 0.3) is 0 Å². The molecule has 2 N–H and O–H groups in total. The molecule has 2 atom stereocenters. The zero-order chi connectivity index (χ0) is 15.3. The minimum absolute atomic E-state index is 0.102. The molecule has 0 aliphatic heterocycles. The Morgan fingerprint density at radius 2 is 2.05 bits per heavy atom. The number of hydrogen-bond acceptors (Lipinski definition) is 3. The van der Waals surface area contributed by atoms with Crippen molar-refractivity contribution in [2.24, 2.45) is 0 Å². The molecule has 0 fully saturated rings. The van der Waals surface area contributed by atoms with Crippen LogP contribution < -0.4 is 5.32 Å². The molecule has 1 aromatic rings. The number of amides is 1. The van der Waals surface area contributed by atoms with E-state index in [-0.39, 0.29) is 17.1 Å². The topological polar surface area (TPSA) is 83.5 Å². The summed E-state index contributed by atoms with van der Waals surface area (Å²) in [4.78, 5) is 21.7. The Morgan fingerprint density at radius 3 is 2.60 bits per heavy atom. The van der Waals surface area contributed by atoms with E-state index in [1.807, 2.05) is 0 Å². The van der Waals surface area contributed by atoms with Crippen LogP contribution in [0.3, 0.4) is 0 Å². The van der Waals surface area contributed by atoms with E-state index in [0.717, 1.165) is 25.1 Å². The van der Waals surface area contributed by atoms with E-state index in [2.05, 4.69) is 5.32 Å². The van der Waals surface area contributed by atoms with Gasteiger partial charge in [-0.05, 0) is 18.2 Å². The van der Waals surface area contributed by atoms with E-state index >= 15 is 0 Å². The molecule has 0 saturated carbocycles. The molecular formula is C12H13F2NO4S. The second-order valence-corrected chi connectivity index (χ2v) is 5.58. The Balaban J connectivity index is 2.72. The van der Waals surface area contributed by atoms with Crippen molar-refractivity contribution < 1.29 is 27.7 Å². The van der Waals surface area contributed by atoms with Crippen LogP contribution in [0.15, 0.2) is 18.2 Å². The number of rotatable bonds is 6. The van der Waals surface area contributed by atoms with Crippen LogP contribution in [0, 0.1) is 11.6 Å². The molecule has 1 aromatic carbocycles. The average molecular weight is 305 g/mol. The van der Waals surface area contributed by atoms with Gasteiger partial charge in [-0.15, -0.1) is 0 Å². The largest absolute Gasteiger partial charge is 0.480 e. The van der Waals surface area contributed by atoms with E-state index < -0.39 is 40.4 Å². The SMILES string of the molecule is CC(=O)N[C@@H](CS(=O)Cc1cc(F)ccc1F)C(=O)O. The van der Waals surface area contributed by atoms with Crippen molar-refractivity contribution in [2.75, 3.05) is 5.75 Å². The summed E-state index contributed by atoms with van der Waals surface area (Å²) in [5.74, 6) is -4.02. The predicted octanol–water partition coefficient (Wildman–Crippen LogP) is 0.803. The lowest BCUT2D eigenvalue weighted by Gasteiger charge is -2.13. The Bertz CT molecular complexity index is 550. The number of hydrogen-bond donors (Lipinski definition) is 2. The van der Waals surface area contributed by atoms with E-state index in [1.54, 1.807) is 0 Å². The van der Waals surface area contributed by atoms with Crippen molar-refractivity contribution in [3.63, 3.8) is 0 Å². The molecule has 110 valence electrons. The molecule has 0 saturated heterocycles. The molecule has 0 spiro atoms. The Morgan fingerprint density at radius 1 is 1.40 bits per heavy atom. The number of carboxylic acids is 1. The molecule has 0 bridgehead atoms. The van der Waals surface area contributed by atoms with E-state index in [1.165, 1.54) is 0 Å². The second-order valence-electron chi connectivity index (χ2n) is 4.08. The van der Waals surface area contributed by atoms with Gasteiger partial charge < -0.3 is 10.4 Å². The molecule has 0 radical (unpaired) electrons. The van der Waals surface area contributed by atoms with E-state index in [4.69, 9.17) is 5.11 Å². The van der Waals surface area contributed by atoms with E-state index in [9.17, 15) is 22.6 Å². The normalized spacial score (nSPS) is 13.6. The van der Waals surface area contributed by atoms with Gasteiger partial charge in [0.05, 0.1) is 11.5 Å². The molecule has 0 heterocycles. The molecule has 5 nitrogen and oxygen atoms in total. The molecule has 0 aromatic heterocycles. The monoisotopic (exact) mass is 305 g/mol. The van der Waals surface area contributed by atoms with Crippen LogP contribution in [0.4, 0.5) is 8.78 Å². The van der Waals surface area contributed by atoms with Gasteiger partial charge in [0.25, 0.3) is 0 Å². The van der Waals surface area contributed by atoms with Crippen LogP contribution in [0.2, 0.25) is 0 Å². The number of carboxylic acid groups (broad SMARTS) is 1. The summed E-state index contributed by atoms with van der Waals surface area (Å²) in [6.45, 7) is 1.13. The lowest BCUT2D eigenvalue weighted by Crippen LogP contribution is -2.43. The van der Waals surface area contributed by atoms with Crippen molar-refractivity contribution in [3.05, 3.63) is 35.4 Å². The standard InChI is InChI=1S/C12H13F2NO4S/c1-7(16)15-11(12(17)18)6-20(19)5-8-4-9(13)2-3-10(8)14/h2-4,11H,5-6H2,1H3,(H,15,16)(H,17,18)/t11-,20?/m0/s1. The summed E-state index contributed by atoms with van der Waals surface area (Å²) in [5, 5.41) is 11.0. The fraction of sp³-hybridized carbons (Fsp3) is 0.333. The van der Waals surface area contributed by atoms with Crippen LogP contribution in [0.1, 0.15) is 12.5 Å². The molecule has 1 rings (SSSR count). The quantitative estimate of drug-likeness (QED) is 0.814. The molecule has 0 aliphatic rings. The van der Waals surface area contributed by atoms with Gasteiger partial charge in [0.2, 0.25) is 5.91 Å². The van der Waals surface area contributed by atoms with Crippen LogP contribution >= 0.6 is 0 Å². The van der Waals surface area contributed by atoms with Gasteiger partial charge in [0, 0.05) is 23.3 Å². The fourth-order valence-corrected chi connectivity index (χ4v) is 2.78. The third kappa shape index (κ3) is 5.04. The number of benzene rings is 1. The van der Waals surface area contributed by atoms with E-state index in [0.29, 0.717) is 0 Å². The van der Waals surface area contributed by atoms with Gasteiger partial charge in [-0.3, -0.25) is 9.00 Å². The lowest BCUT2D eigenvalue weighted by molar-refractivity contribution is -0.140. The highest BCUT2D eigenvalue weighted by atomic mass is 32.2. The van der Waals surface area contributed by atoms with Gasteiger partial charge in [-0.1, -0.05) is 0 Å². The molecule has 20 heavy (non-hydrogen) atoms. The summed E-state index contributed by atoms with van der Waals surface area (Å²) < 4.78 is 38.1. The summed E-state index contributed by atoms with van der Waals surface area (Å²) in [6.07, 6.45) is 0. The van der Waals surface area contributed by atoms with Gasteiger partial charge in [-0.25, -0.2) is 13.6 Å². The summed E-state index contributed by atoms with van der Waals surface area (Å²) in [7, 11) is -1.76. The first-order valence-electron chi connectivity index (χ1n) is 5.58. The second kappa shape index (κ2) is 7.09. The highest BCUT2D eigenvalue weighted by Gasteiger charge is 2.22. The first-order valence-corrected chi connectivity index (χ1v) is 7.07. The maximum Gasteiger partial charge on any atom is 0.327 e. The summed E-state index contributed by atoms with van der Waals surface area (Å²) >= 11 is 0.